The van der Waals surface area contributed by atoms with Crippen molar-refractivity contribution >= 4 is 17.3 Å². The molecule has 0 radical (unpaired) electrons. The fourth-order valence-electron chi connectivity index (χ4n) is 1.83. The first-order valence-electron chi connectivity index (χ1n) is 6.74. The standard InChI is InChI=1S/C13H22N4O3/c1-4-13(3,8-9-18)16-12-10(17(19)20)6-7-11(15-12)14-5-2/h6-7,18H,4-5,8-9H2,1-3H3,(H2,14,15,16). The molecule has 20 heavy (non-hydrogen) atoms. The average molecular weight is 282 g/mol. The molecule has 3 N–H and O–H groups in total. The van der Waals surface area contributed by atoms with E-state index in [9.17, 15) is 10.1 Å². The Hall–Kier alpha value is -1.89. The van der Waals surface area contributed by atoms with Crippen molar-refractivity contribution in [2.75, 3.05) is 23.8 Å². The summed E-state index contributed by atoms with van der Waals surface area (Å²) in [6.45, 7) is 6.50. The number of aliphatic hydroxyl groups excluding tert-OH is 1. The van der Waals surface area contributed by atoms with Crippen LogP contribution in [0.25, 0.3) is 0 Å². The van der Waals surface area contributed by atoms with Crippen molar-refractivity contribution in [3.05, 3.63) is 22.2 Å². The van der Waals surface area contributed by atoms with Crippen LogP contribution in [0.4, 0.5) is 17.3 Å². The zero-order valence-corrected chi connectivity index (χ0v) is 12.1. The molecule has 0 saturated heterocycles. The first-order valence-corrected chi connectivity index (χ1v) is 6.74. The molecule has 0 fully saturated rings. The summed E-state index contributed by atoms with van der Waals surface area (Å²) in [5.74, 6) is 0.814. The van der Waals surface area contributed by atoms with E-state index in [1.807, 2.05) is 20.8 Å². The summed E-state index contributed by atoms with van der Waals surface area (Å²) in [7, 11) is 0. The van der Waals surface area contributed by atoms with Gasteiger partial charge in [0.25, 0.3) is 0 Å². The maximum atomic E-state index is 11.1. The smallest absolute Gasteiger partial charge is 0.311 e. The average Bonchev–Trinajstić information content (AvgIpc) is 2.39. The van der Waals surface area contributed by atoms with Gasteiger partial charge in [0.05, 0.1) is 4.92 Å². The van der Waals surface area contributed by atoms with Crippen LogP contribution < -0.4 is 10.6 Å². The Bertz CT molecular complexity index is 467. The van der Waals surface area contributed by atoms with Crippen LogP contribution in [0.2, 0.25) is 0 Å². The number of aromatic nitrogens is 1. The molecule has 1 atom stereocenters. The number of aliphatic hydroxyl groups is 1. The molecule has 1 rings (SSSR count). The van der Waals surface area contributed by atoms with Crippen LogP contribution >= 0.6 is 0 Å². The topological polar surface area (TPSA) is 100 Å². The second-order valence-corrected chi connectivity index (χ2v) is 4.86. The Labute approximate surface area is 118 Å². The fourth-order valence-corrected chi connectivity index (χ4v) is 1.83. The molecule has 7 nitrogen and oxygen atoms in total. The molecule has 0 spiro atoms. The van der Waals surface area contributed by atoms with E-state index in [1.54, 1.807) is 6.07 Å². The zero-order valence-electron chi connectivity index (χ0n) is 12.1. The molecule has 0 aliphatic carbocycles. The van der Waals surface area contributed by atoms with Crippen LogP contribution in [0.15, 0.2) is 12.1 Å². The molecule has 0 amide bonds. The number of pyridine rings is 1. The minimum atomic E-state index is -0.458. The number of nitrogens with zero attached hydrogens (tertiary/aromatic N) is 2. The minimum Gasteiger partial charge on any atom is -0.396 e. The van der Waals surface area contributed by atoms with Gasteiger partial charge in [-0.15, -0.1) is 0 Å². The number of rotatable bonds is 8. The summed E-state index contributed by atoms with van der Waals surface area (Å²) in [4.78, 5) is 14.9. The minimum absolute atomic E-state index is 0.0119. The van der Waals surface area contributed by atoms with Gasteiger partial charge in [-0.25, -0.2) is 4.98 Å². The third-order valence-corrected chi connectivity index (χ3v) is 3.29. The molecular formula is C13H22N4O3. The van der Waals surface area contributed by atoms with Gasteiger partial charge in [-0.05, 0) is 32.8 Å². The molecule has 1 heterocycles. The van der Waals surface area contributed by atoms with Gasteiger partial charge in [-0.1, -0.05) is 6.92 Å². The summed E-state index contributed by atoms with van der Waals surface area (Å²) in [5.41, 5.74) is -0.499. The largest absolute Gasteiger partial charge is 0.396 e. The van der Waals surface area contributed by atoms with E-state index in [4.69, 9.17) is 5.11 Å². The van der Waals surface area contributed by atoms with Crippen molar-refractivity contribution < 1.29 is 10.0 Å². The lowest BCUT2D eigenvalue weighted by Crippen LogP contribution is -2.35. The van der Waals surface area contributed by atoms with Gasteiger partial charge in [0.2, 0.25) is 5.82 Å². The van der Waals surface area contributed by atoms with Gasteiger partial charge in [-0.3, -0.25) is 10.1 Å². The van der Waals surface area contributed by atoms with E-state index in [0.717, 1.165) is 6.42 Å². The zero-order chi connectivity index (χ0) is 15.2. The molecule has 0 aromatic carbocycles. The second kappa shape index (κ2) is 7.04. The normalized spacial score (nSPS) is 13.6. The Kier molecular flexibility index (Phi) is 5.69. The molecule has 112 valence electrons. The lowest BCUT2D eigenvalue weighted by atomic mass is 9.95. The summed E-state index contributed by atoms with van der Waals surface area (Å²) >= 11 is 0. The lowest BCUT2D eigenvalue weighted by molar-refractivity contribution is -0.384. The Balaban J connectivity index is 3.11. The van der Waals surface area contributed by atoms with Gasteiger partial charge in [-0.2, -0.15) is 0 Å². The van der Waals surface area contributed by atoms with E-state index in [2.05, 4.69) is 15.6 Å². The SMILES string of the molecule is CCNc1ccc([N+](=O)[O-])c(NC(C)(CC)CCO)n1. The number of hydrogen-bond donors (Lipinski definition) is 3. The molecular weight excluding hydrogens is 260 g/mol. The van der Waals surface area contributed by atoms with E-state index in [1.165, 1.54) is 6.07 Å². The molecule has 0 aliphatic rings. The second-order valence-electron chi connectivity index (χ2n) is 4.86. The van der Waals surface area contributed by atoms with Crippen LogP contribution in [0.5, 0.6) is 0 Å². The fraction of sp³-hybridized carbons (Fsp3) is 0.615. The predicted octanol–water partition coefficient (Wildman–Crippen LogP) is 2.38. The van der Waals surface area contributed by atoms with Gasteiger partial charge < -0.3 is 15.7 Å². The highest BCUT2D eigenvalue weighted by molar-refractivity contribution is 5.61. The monoisotopic (exact) mass is 282 g/mol. The highest BCUT2D eigenvalue weighted by Crippen LogP contribution is 2.29. The van der Waals surface area contributed by atoms with E-state index in [0.29, 0.717) is 18.8 Å². The third kappa shape index (κ3) is 4.06. The van der Waals surface area contributed by atoms with Gasteiger partial charge >= 0.3 is 5.69 Å². The Morgan fingerprint density at radius 3 is 2.65 bits per heavy atom. The lowest BCUT2D eigenvalue weighted by Gasteiger charge is -2.29. The van der Waals surface area contributed by atoms with Crippen LogP contribution in [0.3, 0.4) is 0 Å². The highest BCUT2D eigenvalue weighted by Gasteiger charge is 2.26. The number of nitro groups is 1. The van der Waals surface area contributed by atoms with E-state index >= 15 is 0 Å². The van der Waals surface area contributed by atoms with Gasteiger partial charge in [0, 0.05) is 24.8 Å². The van der Waals surface area contributed by atoms with Crippen molar-refractivity contribution in [2.24, 2.45) is 0 Å². The van der Waals surface area contributed by atoms with Crippen molar-refractivity contribution in [1.82, 2.24) is 4.98 Å². The molecule has 1 aromatic rings. The van der Waals surface area contributed by atoms with Gasteiger partial charge in [0.15, 0.2) is 0 Å². The molecule has 1 unspecified atom stereocenters. The van der Waals surface area contributed by atoms with Crippen LogP contribution in [-0.4, -0.2) is 33.7 Å². The van der Waals surface area contributed by atoms with Crippen LogP contribution in [-0.2, 0) is 0 Å². The number of hydrogen-bond acceptors (Lipinski definition) is 6. The summed E-state index contributed by atoms with van der Waals surface area (Å²) in [6.07, 6.45) is 1.21. The van der Waals surface area contributed by atoms with Crippen LogP contribution in [0, 0.1) is 10.1 Å². The maximum Gasteiger partial charge on any atom is 0.311 e. The molecule has 0 aliphatic heterocycles. The molecule has 1 aromatic heterocycles. The van der Waals surface area contributed by atoms with E-state index in [-0.39, 0.29) is 18.1 Å². The summed E-state index contributed by atoms with van der Waals surface area (Å²) in [6, 6.07) is 3.02. The Morgan fingerprint density at radius 1 is 1.45 bits per heavy atom. The summed E-state index contributed by atoms with van der Waals surface area (Å²) in [5, 5.41) is 26.3. The van der Waals surface area contributed by atoms with Crippen molar-refractivity contribution in [1.29, 1.82) is 0 Å². The first-order chi connectivity index (χ1) is 9.45. The van der Waals surface area contributed by atoms with Gasteiger partial charge in [0.1, 0.15) is 5.82 Å². The maximum absolute atomic E-state index is 11.1. The van der Waals surface area contributed by atoms with Crippen LogP contribution in [0.1, 0.15) is 33.6 Å². The molecule has 0 bridgehead atoms. The van der Waals surface area contributed by atoms with E-state index < -0.39 is 10.5 Å². The molecule has 0 saturated carbocycles. The number of nitrogens with one attached hydrogen (secondary N) is 2. The highest BCUT2D eigenvalue weighted by atomic mass is 16.6. The van der Waals surface area contributed by atoms with Crippen molar-refractivity contribution in [2.45, 2.75) is 39.2 Å². The molecule has 7 heteroatoms. The predicted molar refractivity (Wildman–Crippen MR) is 79.1 cm³/mol. The quantitative estimate of drug-likeness (QED) is 0.500. The Morgan fingerprint density at radius 2 is 2.15 bits per heavy atom. The van der Waals surface area contributed by atoms with Crippen molar-refractivity contribution in [3.63, 3.8) is 0 Å². The van der Waals surface area contributed by atoms with Crippen molar-refractivity contribution in [3.8, 4) is 0 Å². The first kappa shape index (κ1) is 16.2. The third-order valence-electron chi connectivity index (χ3n) is 3.29. The summed E-state index contributed by atoms with van der Waals surface area (Å²) < 4.78 is 0. The number of anilines is 2.